The van der Waals surface area contributed by atoms with Crippen molar-refractivity contribution in [3.05, 3.63) is 62.6 Å². The fraction of sp³-hybridized carbons (Fsp3) is 0.286. The van der Waals surface area contributed by atoms with E-state index in [9.17, 15) is 22.8 Å². The lowest BCUT2D eigenvalue weighted by atomic mass is 9.86. The predicted molar refractivity (Wildman–Crippen MR) is 119 cm³/mol. The Bertz CT molecular complexity index is 1160. The van der Waals surface area contributed by atoms with Gasteiger partial charge < -0.3 is 20.2 Å². The molecule has 0 radical (unpaired) electrons. The number of amides is 1. The number of nitrogens with two attached hydrogens (primary N) is 1. The zero-order valence-electron chi connectivity index (χ0n) is 17.0. The zero-order valence-corrected chi connectivity index (χ0v) is 19.3. The number of rotatable bonds is 4. The molecule has 2 heterocycles. The Morgan fingerprint density at radius 1 is 1.12 bits per heavy atom. The molecule has 13 heteroatoms. The highest BCUT2D eigenvalue weighted by Gasteiger charge is 2.62. The van der Waals surface area contributed by atoms with Crippen molar-refractivity contribution in [2.24, 2.45) is 16.8 Å². The molecule has 0 spiro atoms. The van der Waals surface area contributed by atoms with Gasteiger partial charge in [-0.3, -0.25) is 4.79 Å². The molecule has 180 valence electrons. The van der Waals surface area contributed by atoms with E-state index in [0.29, 0.717) is 18.7 Å². The molecule has 1 saturated heterocycles. The van der Waals surface area contributed by atoms with Gasteiger partial charge in [-0.1, -0.05) is 52.1 Å². The third-order valence-corrected chi connectivity index (χ3v) is 6.81. The summed E-state index contributed by atoms with van der Waals surface area (Å²) in [6, 6.07) is 8.68. The Kier molecular flexibility index (Phi) is 6.34. The van der Waals surface area contributed by atoms with Crippen molar-refractivity contribution in [3.8, 4) is 0 Å². The average Bonchev–Trinajstić information content (AvgIpc) is 3.17. The second kappa shape index (κ2) is 8.83. The molecular formula is C21H15Cl3F3N3O4. The lowest BCUT2D eigenvalue weighted by Crippen LogP contribution is -2.51. The van der Waals surface area contributed by atoms with Crippen molar-refractivity contribution < 1.29 is 32.3 Å². The van der Waals surface area contributed by atoms with Crippen LogP contribution in [-0.2, 0) is 20.0 Å². The van der Waals surface area contributed by atoms with Crippen molar-refractivity contribution >= 4 is 58.3 Å². The number of esters is 1. The highest BCUT2D eigenvalue weighted by atomic mass is 35.5. The van der Waals surface area contributed by atoms with Gasteiger partial charge >= 0.3 is 18.2 Å². The summed E-state index contributed by atoms with van der Waals surface area (Å²) in [5.41, 5.74) is 2.97. The van der Waals surface area contributed by atoms with Crippen LogP contribution in [0.3, 0.4) is 0 Å². The standard InChI is InChI=1S/C21H15Cl3F3N3O4/c22-14-5-12(6-15(23)17(14)24)20(21(25,26)27)7-16(29-34-20)10-1-3-13(4-2-10)30-8-11(9-30)18(31)33-19(28)32/h1-6,11H,7-9H2,(H2,28,32). The van der Waals surface area contributed by atoms with Gasteiger partial charge in [-0.25, -0.2) is 4.79 Å². The van der Waals surface area contributed by atoms with E-state index in [1.165, 1.54) is 0 Å². The van der Waals surface area contributed by atoms with Crippen LogP contribution >= 0.6 is 34.8 Å². The molecule has 1 amide bonds. The fourth-order valence-corrected chi connectivity index (χ4v) is 4.33. The molecule has 1 fully saturated rings. The number of alkyl halides is 3. The molecule has 0 aliphatic carbocycles. The van der Waals surface area contributed by atoms with Crippen LogP contribution in [0.4, 0.5) is 23.7 Å². The van der Waals surface area contributed by atoms with E-state index in [1.807, 2.05) is 4.90 Å². The summed E-state index contributed by atoms with van der Waals surface area (Å²) in [6.45, 7) is 0.621. The molecule has 2 N–H and O–H groups in total. The summed E-state index contributed by atoms with van der Waals surface area (Å²) in [5, 5.41) is 3.38. The lowest BCUT2D eigenvalue weighted by Gasteiger charge is -2.39. The van der Waals surface area contributed by atoms with E-state index in [0.717, 1.165) is 17.8 Å². The van der Waals surface area contributed by atoms with Crippen LogP contribution in [0, 0.1) is 5.92 Å². The fourth-order valence-electron chi connectivity index (χ4n) is 3.73. The highest BCUT2D eigenvalue weighted by molar-refractivity contribution is 6.48. The Morgan fingerprint density at radius 2 is 1.71 bits per heavy atom. The van der Waals surface area contributed by atoms with E-state index in [-0.39, 0.29) is 26.3 Å². The Labute approximate surface area is 206 Å². The number of ether oxygens (including phenoxy) is 1. The number of anilines is 1. The van der Waals surface area contributed by atoms with Crippen LogP contribution in [0.5, 0.6) is 0 Å². The van der Waals surface area contributed by atoms with Gasteiger partial charge in [0, 0.05) is 30.8 Å². The van der Waals surface area contributed by atoms with E-state index in [2.05, 4.69) is 9.89 Å². The zero-order chi connectivity index (χ0) is 24.8. The van der Waals surface area contributed by atoms with Crippen molar-refractivity contribution in [3.63, 3.8) is 0 Å². The molecule has 0 saturated carbocycles. The Balaban J connectivity index is 1.50. The van der Waals surface area contributed by atoms with Gasteiger partial charge in [0.1, 0.15) is 0 Å². The summed E-state index contributed by atoms with van der Waals surface area (Å²) in [5.74, 6) is -1.20. The molecule has 2 aromatic carbocycles. The summed E-state index contributed by atoms with van der Waals surface area (Å²) < 4.78 is 46.9. The van der Waals surface area contributed by atoms with Crippen molar-refractivity contribution in [1.82, 2.24) is 0 Å². The minimum absolute atomic E-state index is 0.0599. The minimum atomic E-state index is -4.83. The predicted octanol–water partition coefficient (Wildman–Crippen LogP) is 5.29. The van der Waals surface area contributed by atoms with E-state index in [4.69, 9.17) is 45.4 Å². The molecule has 2 aliphatic heterocycles. The number of hydrogen-bond acceptors (Lipinski definition) is 6. The van der Waals surface area contributed by atoms with Gasteiger partial charge in [-0.05, 0) is 29.8 Å². The maximum absolute atomic E-state index is 14.2. The molecule has 34 heavy (non-hydrogen) atoms. The summed E-state index contributed by atoms with van der Waals surface area (Å²) in [6.07, 6.45) is -6.59. The molecule has 1 unspecified atom stereocenters. The SMILES string of the molecule is NC(=O)OC(=O)C1CN(c2ccc(C3=NOC(c4cc(Cl)c(Cl)c(Cl)c4)(C(F)(F)F)C3)cc2)C1. The third-order valence-electron chi connectivity index (χ3n) is 5.62. The first kappa shape index (κ1) is 24.4. The van der Waals surface area contributed by atoms with Gasteiger partial charge in [-0.15, -0.1) is 0 Å². The van der Waals surface area contributed by atoms with Crippen molar-refractivity contribution in [2.45, 2.75) is 18.2 Å². The molecule has 2 aromatic rings. The quantitative estimate of drug-likeness (QED) is 0.326. The number of nitrogens with zero attached hydrogens (tertiary/aromatic N) is 2. The number of halogens is 6. The topological polar surface area (TPSA) is 94.2 Å². The molecule has 0 aromatic heterocycles. The second-order valence-corrected chi connectivity index (χ2v) is 8.97. The van der Waals surface area contributed by atoms with Crippen LogP contribution < -0.4 is 10.6 Å². The minimum Gasteiger partial charge on any atom is -0.376 e. The number of primary amides is 1. The third kappa shape index (κ3) is 4.37. The van der Waals surface area contributed by atoms with Gasteiger partial charge in [0.15, 0.2) is 0 Å². The number of carbonyl (C=O) groups excluding carboxylic acids is 2. The maximum atomic E-state index is 14.2. The molecule has 7 nitrogen and oxygen atoms in total. The molecule has 0 bridgehead atoms. The monoisotopic (exact) mass is 535 g/mol. The molecule has 1 atom stereocenters. The first-order valence-corrected chi connectivity index (χ1v) is 10.9. The number of oxime groups is 1. The van der Waals surface area contributed by atoms with E-state index in [1.54, 1.807) is 24.3 Å². The lowest BCUT2D eigenvalue weighted by molar-refractivity contribution is -0.275. The van der Waals surface area contributed by atoms with Gasteiger partial charge in [-0.2, -0.15) is 13.2 Å². The van der Waals surface area contributed by atoms with Crippen molar-refractivity contribution in [2.75, 3.05) is 18.0 Å². The van der Waals surface area contributed by atoms with Crippen LogP contribution in [0.2, 0.25) is 15.1 Å². The van der Waals surface area contributed by atoms with E-state index < -0.39 is 36.2 Å². The van der Waals surface area contributed by atoms with E-state index >= 15 is 0 Å². The number of hydrogen-bond donors (Lipinski definition) is 1. The molecule has 2 aliphatic rings. The largest absolute Gasteiger partial charge is 0.435 e. The summed E-state index contributed by atoms with van der Waals surface area (Å²) in [7, 11) is 0. The Morgan fingerprint density at radius 3 is 2.24 bits per heavy atom. The first-order valence-electron chi connectivity index (χ1n) is 9.74. The smallest absolute Gasteiger partial charge is 0.376 e. The van der Waals surface area contributed by atoms with Crippen LogP contribution in [0.15, 0.2) is 41.6 Å². The molecular weight excluding hydrogens is 522 g/mol. The van der Waals surface area contributed by atoms with Crippen LogP contribution in [0.1, 0.15) is 17.5 Å². The molecule has 4 rings (SSSR count). The summed E-state index contributed by atoms with van der Waals surface area (Å²) >= 11 is 17.8. The average molecular weight is 537 g/mol. The highest BCUT2D eigenvalue weighted by Crippen LogP contribution is 2.50. The van der Waals surface area contributed by atoms with Gasteiger partial charge in [0.2, 0.25) is 0 Å². The van der Waals surface area contributed by atoms with Crippen molar-refractivity contribution in [1.29, 1.82) is 0 Å². The number of carbonyl (C=O) groups is 2. The van der Waals surface area contributed by atoms with Gasteiger partial charge in [0.05, 0.1) is 26.7 Å². The summed E-state index contributed by atoms with van der Waals surface area (Å²) in [4.78, 5) is 29.2. The second-order valence-electron chi connectivity index (χ2n) is 7.77. The normalized spacial score (nSPS) is 20.4. The van der Waals surface area contributed by atoms with Gasteiger partial charge in [0.25, 0.3) is 5.60 Å². The first-order chi connectivity index (χ1) is 15.9. The number of benzene rings is 2. The Hall–Kier alpha value is -2.69. The van der Waals surface area contributed by atoms with Crippen LogP contribution in [-0.4, -0.2) is 37.0 Å². The van der Waals surface area contributed by atoms with Crippen LogP contribution in [0.25, 0.3) is 0 Å². The maximum Gasteiger partial charge on any atom is 0.435 e.